The predicted octanol–water partition coefficient (Wildman–Crippen LogP) is 2.45. The van der Waals surface area contributed by atoms with Crippen molar-refractivity contribution in [2.75, 3.05) is 12.0 Å². The normalized spacial score (nSPS) is 22.3. The van der Waals surface area contributed by atoms with Gasteiger partial charge in [-0.15, -0.1) is 0 Å². The molecular weight excluding hydrogens is 238 g/mol. The molecule has 2 atom stereocenters. The van der Waals surface area contributed by atoms with Gasteiger partial charge in [-0.3, -0.25) is 10.6 Å². The van der Waals surface area contributed by atoms with E-state index in [4.69, 9.17) is 5.84 Å². The molecule has 1 aliphatic rings. The van der Waals surface area contributed by atoms with Crippen molar-refractivity contribution >= 4 is 11.6 Å². The number of amides is 1. The molecule has 0 aliphatic heterocycles. The number of hydrazine groups is 1. The fourth-order valence-corrected chi connectivity index (χ4v) is 2.82. The first-order chi connectivity index (χ1) is 9.11. The number of hydrogen-bond donors (Lipinski definition) is 3. The van der Waals surface area contributed by atoms with Gasteiger partial charge in [0.25, 0.3) is 5.91 Å². The fourth-order valence-electron chi connectivity index (χ4n) is 2.82. The molecule has 4 heteroatoms. The molecule has 0 radical (unpaired) electrons. The van der Waals surface area contributed by atoms with Crippen LogP contribution in [0.2, 0.25) is 0 Å². The van der Waals surface area contributed by atoms with Crippen molar-refractivity contribution in [2.24, 2.45) is 17.7 Å². The summed E-state index contributed by atoms with van der Waals surface area (Å²) in [5.74, 6) is 6.73. The lowest BCUT2D eigenvalue weighted by molar-refractivity contribution is 0.0945. The Bertz CT molecular complexity index is 459. The van der Waals surface area contributed by atoms with Gasteiger partial charge in [0.15, 0.2) is 0 Å². The Hall–Kier alpha value is -1.55. The molecule has 0 spiro atoms. The van der Waals surface area contributed by atoms with E-state index >= 15 is 0 Å². The number of aryl methyl sites for hydroxylation is 1. The van der Waals surface area contributed by atoms with E-state index in [2.05, 4.69) is 17.7 Å². The molecular formula is C15H23N3O. The molecule has 0 saturated heterocycles. The van der Waals surface area contributed by atoms with Crippen LogP contribution < -0.4 is 16.6 Å². The quantitative estimate of drug-likeness (QED) is 0.576. The summed E-state index contributed by atoms with van der Waals surface area (Å²) in [4.78, 5) is 12.2. The van der Waals surface area contributed by atoms with Crippen molar-refractivity contribution in [3.05, 3.63) is 29.3 Å². The highest BCUT2D eigenvalue weighted by Gasteiger charge is 2.24. The van der Waals surface area contributed by atoms with Crippen molar-refractivity contribution in [3.63, 3.8) is 0 Å². The van der Waals surface area contributed by atoms with Gasteiger partial charge in [0, 0.05) is 6.54 Å². The van der Waals surface area contributed by atoms with Gasteiger partial charge in [0.1, 0.15) is 0 Å². The van der Waals surface area contributed by atoms with Crippen LogP contribution in [0.4, 0.5) is 5.69 Å². The Morgan fingerprint density at radius 2 is 2.21 bits per heavy atom. The molecule has 1 amide bonds. The second-order valence-corrected chi connectivity index (χ2v) is 5.57. The van der Waals surface area contributed by atoms with E-state index in [0.717, 1.165) is 12.1 Å². The average Bonchev–Trinajstić information content (AvgIpc) is 2.81. The first kappa shape index (κ1) is 13.9. The predicted molar refractivity (Wildman–Crippen MR) is 77.8 cm³/mol. The van der Waals surface area contributed by atoms with Crippen molar-refractivity contribution in [3.8, 4) is 0 Å². The zero-order chi connectivity index (χ0) is 13.8. The average molecular weight is 261 g/mol. The first-order valence-corrected chi connectivity index (χ1v) is 6.97. The number of hydrogen-bond acceptors (Lipinski definition) is 3. The van der Waals surface area contributed by atoms with Crippen molar-refractivity contribution in [1.82, 2.24) is 5.32 Å². The summed E-state index contributed by atoms with van der Waals surface area (Å²) < 4.78 is 0. The monoisotopic (exact) mass is 261 g/mol. The molecule has 0 heterocycles. The van der Waals surface area contributed by atoms with Gasteiger partial charge in [0.2, 0.25) is 0 Å². The third-order valence-corrected chi connectivity index (χ3v) is 4.14. The maximum absolute atomic E-state index is 12.2. The number of carbonyl (C=O) groups is 1. The number of carbonyl (C=O) groups excluding carboxylic acids is 1. The lowest BCUT2D eigenvalue weighted by Gasteiger charge is -2.17. The van der Waals surface area contributed by atoms with E-state index in [0.29, 0.717) is 23.1 Å². The van der Waals surface area contributed by atoms with Crippen LogP contribution in [-0.2, 0) is 0 Å². The van der Waals surface area contributed by atoms with Crippen LogP contribution in [0.15, 0.2) is 18.2 Å². The molecule has 1 saturated carbocycles. The smallest absolute Gasteiger partial charge is 0.253 e. The van der Waals surface area contributed by atoms with Crippen LogP contribution in [0.1, 0.15) is 42.1 Å². The summed E-state index contributed by atoms with van der Waals surface area (Å²) in [6.07, 6.45) is 3.78. The molecule has 4 N–H and O–H groups in total. The summed E-state index contributed by atoms with van der Waals surface area (Å²) in [6, 6.07) is 5.63. The van der Waals surface area contributed by atoms with Crippen LogP contribution in [0.25, 0.3) is 0 Å². The highest BCUT2D eigenvalue weighted by atomic mass is 16.1. The molecule has 1 aliphatic carbocycles. The van der Waals surface area contributed by atoms with E-state index < -0.39 is 0 Å². The fraction of sp³-hybridized carbons (Fsp3) is 0.533. The van der Waals surface area contributed by atoms with E-state index in [-0.39, 0.29) is 5.91 Å². The zero-order valence-electron chi connectivity index (χ0n) is 11.7. The Labute approximate surface area is 114 Å². The standard InChI is InChI=1S/C15H23N3O/c1-10-6-7-14(18-16)13(8-10)15(19)17-9-12-5-3-4-11(12)2/h6-8,11-12,18H,3-5,9,16H2,1-2H3,(H,17,19). The second-order valence-electron chi connectivity index (χ2n) is 5.57. The summed E-state index contributed by atoms with van der Waals surface area (Å²) in [6.45, 7) is 5.00. The summed E-state index contributed by atoms with van der Waals surface area (Å²) >= 11 is 0. The summed E-state index contributed by atoms with van der Waals surface area (Å²) in [5.41, 5.74) is 4.92. The molecule has 1 aromatic rings. The second kappa shape index (κ2) is 6.06. The molecule has 1 fully saturated rings. The van der Waals surface area contributed by atoms with E-state index in [1.54, 1.807) is 0 Å². The largest absolute Gasteiger partial charge is 0.352 e. The van der Waals surface area contributed by atoms with Crippen molar-refractivity contribution in [1.29, 1.82) is 0 Å². The number of rotatable bonds is 4. The molecule has 0 aromatic heterocycles. The zero-order valence-corrected chi connectivity index (χ0v) is 11.7. The van der Waals surface area contributed by atoms with Gasteiger partial charge < -0.3 is 10.7 Å². The highest BCUT2D eigenvalue weighted by Crippen LogP contribution is 2.30. The number of nitrogens with two attached hydrogens (primary N) is 1. The number of nitrogens with one attached hydrogen (secondary N) is 2. The number of nitrogen functional groups attached to an aromatic ring is 1. The van der Waals surface area contributed by atoms with Crippen LogP contribution in [0, 0.1) is 18.8 Å². The topological polar surface area (TPSA) is 67.1 Å². The lowest BCUT2D eigenvalue weighted by Crippen LogP contribution is -2.31. The molecule has 0 bridgehead atoms. The van der Waals surface area contributed by atoms with Gasteiger partial charge >= 0.3 is 0 Å². The van der Waals surface area contributed by atoms with Crippen LogP contribution in [0.3, 0.4) is 0 Å². The van der Waals surface area contributed by atoms with Crippen molar-refractivity contribution in [2.45, 2.75) is 33.1 Å². The Balaban J connectivity index is 2.01. The SMILES string of the molecule is Cc1ccc(NN)c(C(=O)NCC2CCCC2C)c1. The molecule has 1 aromatic carbocycles. The van der Waals surface area contributed by atoms with Crippen LogP contribution in [0.5, 0.6) is 0 Å². The van der Waals surface area contributed by atoms with Gasteiger partial charge in [-0.05, 0) is 37.3 Å². The summed E-state index contributed by atoms with van der Waals surface area (Å²) in [5, 5.41) is 3.04. The van der Waals surface area contributed by atoms with Crippen molar-refractivity contribution < 1.29 is 4.79 Å². The van der Waals surface area contributed by atoms with Gasteiger partial charge in [0.05, 0.1) is 11.3 Å². The minimum atomic E-state index is -0.0456. The van der Waals surface area contributed by atoms with E-state index in [1.807, 2.05) is 25.1 Å². The van der Waals surface area contributed by atoms with E-state index in [9.17, 15) is 4.79 Å². The van der Waals surface area contributed by atoms with Gasteiger partial charge in [-0.2, -0.15) is 0 Å². The molecule has 2 rings (SSSR count). The molecule has 104 valence electrons. The van der Waals surface area contributed by atoms with E-state index in [1.165, 1.54) is 19.3 Å². The maximum Gasteiger partial charge on any atom is 0.253 e. The summed E-state index contributed by atoms with van der Waals surface area (Å²) in [7, 11) is 0. The molecule has 2 unspecified atom stereocenters. The molecule has 19 heavy (non-hydrogen) atoms. The molecule has 4 nitrogen and oxygen atoms in total. The third-order valence-electron chi connectivity index (χ3n) is 4.14. The minimum Gasteiger partial charge on any atom is -0.352 e. The van der Waals surface area contributed by atoms with Crippen LogP contribution >= 0.6 is 0 Å². The van der Waals surface area contributed by atoms with Gasteiger partial charge in [-0.25, -0.2) is 0 Å². The minimum absolute atomic E-state index is 0.0456. The Morgan fingerprint density at radius 3 is 2.84 bits per heavy atom. The Kier molecular flexibility index (Phi) is 4.43. The first-order valence-electron chi connectivity index (χ1n) is 6.97. The van der Waals surface area contributed by atoms with Crippen LogP contribution in [-0.4, -0.2) is 12.5 Å². The lowest BCUT2D eigenvalue weighted by atomic mass is 9.98. The van der Waals surface area contributed by atoms with Gasteiger partial charge in [-0.1, -0.05) is 31.4 Å². The highest BCUT2D eigenvalue weighted by molar-refractivity contribution is 5.99. The number of benzene rings is 1. The Morgan fingerprint density at radius 1 is 1.42 bits per heavy atom. The maximum atomic E-state index is 12.2. The number of anilines is 1. The third kappa shape index (κ3) is 3.26.